The van der Waals surface area contributed by atoms with Crippen LogP contribution in [-0.2, 0) is 4.74 Å². The second-order valence-corrected chi connectivity index (χ2v) is 3.56. The van der Waals surface area contributed by atoms with Gasteiger partial charge in [-0.3, -0.25) is 5.41 Å². The number of pyridine rings is 1. The lowest BCUT2D eigenvalue weighted by molar-refractivity contribution is 0.0552. The predicted molar refractivity (Wildman–Crippen MR) is 61.8 cm³/mol. The Labute approximate surface area is 95.1 Å². The van der Waals surface area contributed by atoms with Crippen LogP contribution in [0, 0.1) is 5.41 Å². The molecule has 1 aromatic rings. The van der Waals surface area contributed by atoms with Gasteiger partial charge in [0, 0.05) is 0 Å². The van der Waals surface area contributed by atoms with Gasteiger partial charge in [-0.25, -0.2) is 4.98 Å². The number of nitrogens with one attached hydrogen (secondary N) is 1. The molecule has 0 aromatic carbocycles. The van der Waals surface area contributed by atoms with E-state index in [-0.39, 0.29) is 11.9 Å². The van der Waals surface area contributed by atoms with Gasteiger partial charge in [0.15, 0.2) is 0 Å². The van der Waals surface area contributed by atoms with E-state index in [1.54, 1.807) is 18.3 Å². The Morgan fingerprint density at radius 1 is 1.44 bits per heavy atom. The maximum absolute atomic E-state index is 7.18. The van der Waals surface area contributed by atoms with Gasteiger partial charge in [-0.1, -0.05) is 0 Å². The summed E-state index contributed by atoms with van der Waals surface area (Å²) in [6, 6.07) is 3.39. The minimum atomic E-state index is -0.0466. The van der Waals surface area contributed by atoms with Gasteiger partial charge in [-0.2, -0.15) is 0 Å². The molecule has 0 bridgehead atoms. The highest BCUT2D eigenvalue weighted by Crippen LogP contribution is 2.08. The SMILES string of the molecule is CC(C)OCCOc1ccc(C(=N)N)nc1. The summed E-state index contributed by atoms with van der Waals surface area (Å²) in [5.41, 5.74) is 5.73. The summed E-state index contributed by atoms with van der Waals surface area (Å²) in [7, 11) is 0. The molecule has 0 fully saturated rings. The highest BCUT2D eigenvalue weighted by atomic mass is 16.5. The number of amidine groups is 1. The molecule has 1 aromatic heterocycles. The molecule has 0 spiro atoms. The Bertz CT molecular complexity index is 336. The first-order valence-electron chi connectivity index (χ1n) is 5.14. The standard InChI is InChI=1S/C11H17N3O2/c1-8(2)15-5-6-16-9-3-4-10(11(12)13)14-7-9/h3-4,7-8H,5-6H2,1-2H3,(H3,12,13). The summed E-state index contributed by atoms with van der Waals surface area (Å²) in [6.07, 6.45) is 1.76. The number of nitrogen functional groups attached to an aromatic ring is 1. The van der Waals surface area contributed by atoms with E-state index in [4.69, 9.17) is 20.6 Å². The quantitative estimate of drug-likeness (QED) is 0.431. The first kappa shape index (κ1) is 12.4. The molecule has 0 atom stereocenters. The first-order chi connectivity index (χ1) is 7.59. The Morgan fingerprint density at radius 3 is 2.69 bits per heavy atom. The van der Waals surface area contributed by atoms with Crippen LogP contribution in [0.25, 0.3) is 0 Å². The molecule has 0 saturated carbocycles. The van der Waals surface area contributed by atoms with Crippen LogP contribution in [0.5, 0.6) is 5.75 Å². The summed E-state index contributed by atoms with van der Waals surface area (Å²) in [5, 5.41) is 7.18. The number of hydrogen-bond donors (Lipinski definition) is 2. The summed E-state index contributed by atoms with van der Waals surface area (Å²) in [4.78, 5) is 3.98. The van der Waals surface area contributed by atoms with Crippen LogP contribution in [-0.4, -0.2) is 30.1 Å². The van der Waals surface area contributed by atoms with Crippen LogP contribution in [0.15, 0.2) is 18.3 Å². The maximum atomic E-state index is 7.18. The van der Waals surface area contributed by atoms with Crippen molar-refractivity contribution in [2.75, 3.05) is 13.2 Å². The van der Waals surface area contributed by atoms with E-state index in [9.17, 15) is 0 Å². The van der Waals surface area contributed by atoms with E-state index in [0.717, 1.165) is 0 Å². The maximum Gasteiger partial charge on any atom is 0.141 e. The molecular weight excluding hydrogens is 206 g/mol. The topological polar surface area (TPSA) is 81.2 Å². The molecule has 0 saturated heterocycles. The van der Waals surface area contributed by atoms with Crippen LogP contribution < -0.4 is 10.5 Å². The fourth-order valence-electron chi connectivity index (χ4n) is 1.07. The van der Waals surface area contributed by atoms with Crippen molar-refractivity contribution >= 4 is 5.84 Å². The third-order valence-corrected chi connectivity index (χ3v) is 1.82. The molecule has 0 unspecified atom stereocenters. The van der Waals surface area contributed by atoms with Gasteiger partial charge >= 0.3 is 0 Å². The third-order valence-electron chi connectivity index (χ3n) is 1.82. The molecule has 0 amide bonds. The van der Waals surface area contributed by atoms with Crippen molar-refractivity contribution in [1.82, 2.24) is 4.98 Å². The Hall–Kier alpha value is -1.62. The van der Waals surface area contributed by atoms with Gasteiger partial charge in [0.05, 0.1) is 18.9 Å². The Morgan fingerprint density at radius 2 is 2.19 bits per heavy atom. The molecule has 0 aliphatic carbocycles. The van der Waals surface area contributed by atoms with Crippen molar-refractivity contribution < 1.29 is 9.47 Å². The molecule has 0 aliphatic heterocycles. The van der Waals surface area contributed by atoms with Gasteiger partial charge in [0.25, 0.3) is 0 Å². The van der Waals surface area contributed by atoms with Crippen molar-refractivity contribution in [2.24, 2.45) is 5.73 Å². The molecule has 5 heteroatoms. The number of ether oxygens (including phenoxy) is 2. The molecule has 3 N–H and O–H groups in total. The van der Waals surface area contributed by atoms with Crippen LogP contribution in [0.2, 0.25) is 0 Å². The lowest BCUT2D eigenvalue weighted by Crippen LogP contribution is -2.13. The van der Waals surface area contributed by atoms with Gasteiger partial charge < -0.3 is 15.2 Å². The second kappa shape index (κ2) is 6.07. The van der Waals surface area contributed by atoms with Crippen LogP contribution in [0.3, 0.4) is 0 Å². The summed E-state index contributed by atoms with van der Waals surface area (Å²) >= 11 is 0. The molecular formula is C11H17N3O2. The molecule has 1 heterocycles. The van der Waals surface area contributed by atoms with E-state index >= 15 is 0 Å². The molecule has 16 heavy (non-hydrogen) atoms. The van der Waals surface area contributed by atoms with E-state index < -0.39 is 0 Å². The Kier molecular flexibility index (Phi) is 4.72. The summed E-state index contributed by atoms with van der Waals surface area (Å²) in [6.45, 7) is 4.98. The van der Waals surface area contributed by atoms with Crippen molar-refractivity contribution in [1.29, 1.82) is 5.41 Å². The molecule has 5 nitrogen and oxygen atoms in total. The fourth-order valence-corrected chi connectivity index (χ4v) is 1.07. The summed E-state index contributed by atoms with van der Waals surface area (Å²) < 4.78 is 10.7. The minimum Gasteiger partial charge on any atom is -0.490 e. The zero-order chi connectivity index (χ0) is 12.0. The fraction of sp³-hybridized carbons (Fsp3) is 0.455. The van der Waals surface area contributed by atoms with Crippen molar-refractivity contribution in [2.45, 2.75) is 20.0 Å². The van der Waals surface area contributed by atoms with Crippen molar-refractivity contribution in [3.05, 3.63) is 24.0 Å². The molecule has 0 radical (unpaired) electrons. The number of nitrogens with two attached hydrogens (primary N) is 1. The van der Waals surface area contributed by atoms with Gasteiger partial charge in [-0.15, -0.1) is 0 Å². The normalized spacial score (nSPS) is 10.4. The second-order valence-electron chi connectivity index (χ2n) is 3.56. The van der Waals surface area contributed by atoms with Crippen LogP contribution in [0.4, 0.5) is 0 Å². The largest absolute Gasteiger partial charge is 0.490 e. The zero-order valence-electron chi connectivity index (χ0n) is 9.56. The van der Waals surface area contributed by atoms with E-state index in [1.807, 2.05) is 13.8 Å². The van der Waals surface area contributed by atoms with Gasteiger partial charge in [0.2, 0.25) is 0 Å². The third kappa shape index (κ3) is 4.27. The highest BCUT2D eigenvalue weighted by Gasteiger charge is 1.99. The monoisotopic (exact) mass is 223 g/mol. The van der Waals surface area contributed by atoms with Gasteiger partial charge in [0.1, 0.15) is 23.9 Å². The number of rotatable bonds is 6. The number of nitrogens with zero attached hydrogens (tertiary/aromatic N) is 1. The van der Waals surface area contributed by atoms with E-state index in [2.05, 4.69) is 4.98 Å². The van der Waals surface area contributed by atoms with E-state index in [1.165, 1.54) is 0 Å². The average molecular weight is 223 g/mol. The molecule has 1 rings (SSSR count). The lowest BCUT2D eigenvalue weighted by atomic mass is 10.3. The lowest BCUT2D eigenvalue weighted by Gasteiger charge is -2.09. The van der Waals surface area contributed by atoms with Gasteiger partial charge in [-0.05, 0) is 26.0 Å². The smallest absolute Gasteiger partial charge is 0.141 e. The van der Waals surface area contributed by atoms with Crippen molar-refractivity contribution in [3.63, 3.8) is 0 Å². The molecule has 0 aliphatic rings. The van der Waals surface area contributed by atoms with Crippen LogP contribution >= 0.6 is 0 Å². The van der Waals surface area contributed by atoms with Crippen molar-refractivity contribution in [3.8, 4) is 5.75 Å². The zero-order valence-corrected chi connectivity index (χ0v) is 9.56. The molecule has 88 valence electrons. The number of hydrogen-bond acceptors (Lipinski definition) is 4. The predicted octanol–water partition coefficient (Wildman–Crippen LogP) is 1.17. The minimum absolute atomic E-state index is 0.0466. The number of aromatic nitrogens is 1. The highest BCUT2D eigenvalue weighted by molar-refractivity contribution is 5.92. The summed E-state index contributed by atoms with van der Waals surface area (Å²) in [5.74, 6) is 0.604. The average Bonchev–Trinajstić information content (AvgIpc) is 2.25. The Balaban J connectivity index is 2.35. The van der Waals surface area contributed by atoms with E-state index in [0.29, 0.717) is 24.7 Å². The first-order valence-corrected chi connectivity index (χ1v) is 5.14. The van der Waals surface area contributed by atoms with Crippen LogP contribution in [0.1, 0.15) is 19.5 Å².